The summed E-state index contributed by atoms with van der Waals surface area (Å²) in [5.74, 6) is -0.173. The minimum Gasteiger partial charge on any atom is -0.469 e. The van der Waals surface area contributed by atoms with Crippen LogP contribution in [-0.4, -0.2) is 67.3 Å². The van der Waals surface area contributed by atoms with Crippen molar-refractivity contribution in [1.29, 1.82) is 0 Å². The van der Waals surface area contributed by atoms with Crippen molar-refractivity contribution in [2.45, 2.75) is 33.6 Å². The van der Waals surface area contributed by atoms with E-state index in [2.05, 4.69) is 9.64 Å². The molecule has 1 saturated heterocycles. The van der Waals surface area contributed by atoms with Crippen LogP contribution in [0.15, 0.2) is 0 Å². The van der Waals surface area contributed by atoms with Crippen LogP contribution in [0.5, 0.6) is 0 Å². The first kappa shape index (κ1) is 17.6. The summed E-state index contributed by atoms with van der Waals surface area (Å²) in [6.07, 6.45) is 0.311. The summed E-state index contributed by atoms with van der Waals surface area (Å²) >= 11 is 0. The number of amides is 1. The molecule has 0 unspecified atom stereocenters. The van der Waals surface area contributed by atoms with Crippen LogP contribution in [0.25, 0.3) is 0 Å². The zero-order chi connectivity index (χ0) is 16.0. The fourth-order valence-corrected chi connectivity index (χ4v) is 2.06. The molecule has 0 radical (unpaired) electrons. The second-order valence-electron chi connectivity index (χ2n) is 6.41. The van der Waals surface area contributed by atoms with Gasteiger partial charge in [-0.2, -0.15) is 0 Å². The van der Waals surface area contributed by atoms with Crippen LogP contribution in [0.2, 0.25) is 0 Å². The summed E-state index contributed by atoms with van der Waals surface area (Å²) in [7, 11) is 1.32. The zero-order valence-electron chi connectivity index (χ0n) is 13.5. The molecule has 1 aliphatic heterocycles. The van der Waals surface area contributed by atoms with Crippen LogP contribution in [-0.2, 0) is 19.1 Å². The number of ether oxygens (including phenoxy) is 1. The van der Waals surface area contributed by atoms with Gasteiger partial charge in [-0.15, -0.1) is 0 Å². The zero-order valence-corrected chi connectivity index (χ0v) is 13.5. The molecule has 6 nitrogen and oxygen atoms in total. The summed E-state index contributed by atoms with van der Waals surface area (Å²) in [4.78, 5) is 38.8. The third-order valence-corrected chi connectivity index (χ3v) is 3.70. The Balaban J connectivity index is 2.33. The largest absolute Gasteiger partial charge is 0.469 e. The minimum absolute atomic E-state index is 0.0257. The molecule has 1 amide bonds. The molecular formula is C15H26N2O4. The molecule has 0 N–H and O–H groups in total. The minimum atomic E-state index is -0.363. The fraction of sp³-hybridized carbons (Fsp3) is 0.800. The Hall–Kier alpha value is -1.43. The lowest BCUT2D eigenvalue weighted by Gasteiger charge is -2.35. The van der Waals surface area contributed by atoms with Crippen LogP contribution in [0, 0.1) is 5.41 Å². The van der Waals surface area contributed by atoms with Gasteiger partial charge >= 0.3 is 5.97 Å². The van der Waals surface area contributed by atoms with Crippen LogP contribution in [0.3, 0.4) is 0 Å². The first-order valence-electron chi connectivity index (χ1n) is 7.34. The molecule has 0 aromatic heterocycles. The monoisotopic (exact) mass is 298 g/mol. The predicted molar refractivity (Wildman–Crippen MR) is 78.7 cm³/mol. The first-order valence-corrected chi connectivity index (χ1v) is 7.34. The van der Waals surface area contributed by atoms with Crippen molar-refractivity contribution in [3.63, 3.8) is 0 Å². The Morgan fingerprint density at radius 2 is 1.57 bits per heavy atom. The number of hydrogen-bond acceptors (Lipinski definition) is 5. The number of carbonyl (C=O) groups is 3. The number of hydrogen-bond donors (Lipinski definition) is 0. The molecule has 1 aliphatic rings. The van der Waals surface area contributed by atoms with E-state index in [-0.39, 0.29) is 35.9 Å². The number of esters is 1. The summed E-state index contributed by atoms with van der Waals surface area (Å²) in [5, 5.41) is 0. The van der Waals surface area contributed by atoms with E-state index in [1.54, 1.807) is 4.90 Å². The van der Waals surface area contributed by atoms with E-state index < -0.39 is 0 Å². The quantitative estimate of drug-likeness (QED) is 0.699. The van der Waals surface area contributed by atoms with Crippen molar-refractivity contribution < 1.29 is 19.1 Å². The highest BCUT2D eigenvalue weighted by molar-refractivity contribution is 5.85. The molecule has 0 aromatic rings. The lowest BCUT2D eigenvalue weighted by atomic mass is 9.90. The third-order valence-electron chi connectivity index (χ3n) is 3.70. The highest BCUT2D eigenvalue weighted by Gasteiger charge is 2.27. The van der Waals surface area contributed by atoms with Crippen molar-refractivity contribution >= 4 is 17.7 Å². The van der Waals surface area contributed by atoms with Crippen molar-refractivity contribution in [2.24, 2.45) is 5.41 Å². The van der Waals surface area contributed by atoms with E-state index in [1.807, 2.05) is 20.8 Å². The molecule has 0 spiro atoms. The molecule has 0 bridgehead atoms. The Labute approximate surface area is 126 Å². The molecule has 1 heterocycles. The van der Waals surface area contributed by atoms with Gasteiger partial charge in [-0.25, -0.2) is 0 Å². The van der Waals surface area contributed by atoms with Crippen molar-refractivity contribution in [3.8, 4) is 0 Å². The van der Waals surface area contributed by atoms with Crippen molar-refractivity contribution in [2.75, 3.05) is 39.8 Å². The second-order valence-corrected chi connectivity index (χ2v) is 6.41. The summed E-state index contributed by atoms with van der Waals surface area (Å²) < 4.78 is 4.53. The molecule has 120 valence electrons. The van der Waals surface area contributed by atoms with E-state index in [4.69, 9.17) is 0 Å². The van der Waals surface area contributed by atoms with Crippen LogP contribution in [0.1, 0.15) is 33.6 Å². The van der Waals surface area contributed by atoms with Crippen molar-refractivity contribution in [1.82, 2.24) is 9.80 Å². The summed E-state index contributed by atoms with van der Waals surface area (Å²) in [6.45, 7) is 8.81. The van der Waals surface area contributed by atoms with Gasteiger partial charge in [0.2, 0.25) is 5.91 Å². The van der Waals surface area contributed by atoms with Gasteiger partial charge < -0.3 is 9.64 Å². The van der Waals surface area contributed by atoms with Gasteiger partial charge in [-0.1, -0.05) is 20.8 Å². The molecule has 0 saturated carbocycles. The average Bonchev–Trinajstić information content (AvgIpc) is 2.44. The van der Waals surface area contributed by atoms with Crippen molar-refractivity contribution in [3.05, 3.63) is 0 Å². The lowest BCUT2D eigenvalue weighted by Crippen LogP contribution is -2.50. The molecule has 0 aromatic carbocycles. The topological polar surface area (TPSA) is 66.9 Å². The van der Waals surface area contributed by atoms with Crippen LogP contribution < -0.4 is 0 Å². The van der Waals surface area contributed by atoms with Gasteiger partial charge in [0, 0.05) is 38.0 Å². The van der Waals surface area contributed by atoms with E-state index in [0.717, 1.165) is 0 Å². The van der Waals surface area contributed by atoms with Gasteiger partial charge in [0.05, 0.1) is 20.1 Å². The first-order chi connectivity index (χ1) is 9.74. The van der Waals surface area contributed by atoms with Gasteiger partial charge in [0.15, 0.2) is 5.78 Å². The number of piperazine rings is 1. The van der Waals surface area contributed by atoms with E-state index in [9.17, 15) is 14.4 Å². The molecular weight excluding hydrogens is 272 g/mol. The second kappa shape index (κ2) is 7.54. The maximum atomic E-state index is 12.0. The lowest BCUT2D eigenvalue weighted by molar-refractivity contribution is -0.144. The van der Waals surface area contributed by atoms with Crippen LogP contribution in [0.4, 0.5) is 0 Å². The van der Waals surface area contributed by atoms with Crippen LogP contribution >= 0.6 is 0 Å². The number of carbonyl (C=O) groups excluding carboxylic acids is 3. The predicted octanol–water partition coefficient (Wildman–Crippen LogP) is 0.699. The Morgan fingerprint density at radius 3 is 2.05 bits per heavy atom. The van der Waals surface area contributed by atoms with Gasteiger partial charge in [-0.05, 0) is 0 Å². The van der Waals surface area contributed by atoms with Gasteiger partial charge in [0.25, 0.3) is 0 Å². The molecule has 0 aliphatic carbocycles. The van der Waals surface area contributed by atoms with E-state index in [1.165, 1.54) is 7.11 Å². The average molecular weight is 298 g/mol. The summed E-state index contributed by atoms with van der Waals surface area (Å²) in [6, 6.07) is 0. The third kappa shape index (κ3) is 5.83. The Kier molecular flexibility index (Phi) is 6.33. The molecule has 6 heteroatoms. The highest BCUT2D eigenvalue weighted by atomic mass is 16.5. The summed E-state index contributed by atoms with van der Waals surface area (Å²) in [5.41, 5.74) is -0.326. The molecule has 21 heavy (non-hydrogen) atoms. The maximum absolute atomic E-state index is 12.0. The standard InChI is InChI=1S/C15H26N2O4/c1-15(2,3)12(18)11-16-7-9-17(10-8-16)13(19)5-6-14(20)21-4/h5-11H2,1-4H3. The highest BCUT2D eigenvalue weighted by Crippen LogP contribution is 2.16. The Bertz CT molecular complexity index is 393. The molecule has 1 fully saturated rings. The molecule has 1 rings (SSSR count). The molecule has 0 atom stereocenters. The number of ketones is 1. The Morgan fingerprint density at radius 1 is 1.00 bits per heavy atom. The fourth-order valence-electron chi connectivity index (χ4n) is 2.06. The normalized spacial score (nSPS) is 16.7. The number of rotatable bonds is 5. The number of nitrogens with zero attached hydrogens (tertiary/aromatic N) is 2. The van der Waals surface area contributed by atoms with Gasteiger partial charge in [-0.3, -0.25) is 19.3 Å². The van der Waals surface area contributed by atoms with E-state index in [0.29, 0.717) is 32.7 Å². The van der Waals surface area contributed by atoms with E-state index >= 15 is 0 Å². The number of methoxy groups -OCH3 is 1. The smallest absolute Gasteiger partial charge is 0.306 e. The maximum Gasteiger partial charge on any atom is 0.306 e. The number of Topliss-reactive ketones (excluding diaryl/α,β-unsaturated/α-hetero) is 1. The SMILES string of the molecule is COC(=O)CCC(=O)N1CCN(CC(=O)C(C)(C)C)CC1. The van der Waals surface area contributed by atoms with Gasteiger partial charge in [0.1, 0.15) is 0 Å².